The predicted molar refractivity (Wildman–Crippen MR) is 244 cm³/mol. The minimum atomic E-state index is -2.70. The fourth-order valence-electron chi connectivity index (χ4n) is 9.75. The fourth-order valence-corrected chi connectivity index (χ4v) is 14.5. The highest BCUT2D eigenvalue weighted by Crippen LogP contribution is 2.46. The number of hydrogen-bond donors (Lipinski definition) is 0. The summed E-state index contributed by atoms with van der Waals surface area (Å²) in [6.45, 7) is 0. The van der Waals surface area contributed by atoms with Gasteiger partial charge < -0.3 is 13.9 Å². The number of para-hydroxylation sites is 3. The van der Waals surface area contributed by atoms with Crippen LogP contribution in [0.2, 0.25) is 0 Å². The van der Waals surface area contributed by atoms with Crippen molar-refractivity contribution in [3.05, 3.63) is 218 Å². The van der Waals surface area contributed by atoms with Crippen molar-refractivity contribution in [2.24, 2.45) is 0 Å². The van der Waals surface area contributed by atoms with Crippen LogP contribution in [0, 0.1) is 0 Å². The molecule has 12 rings (SSSR count). The van der Waals surface area contributed by atoms with E-state index in [1.807, 2.05) is 0 Å². The second-order valence-electron chi connectivity index (χ2n) is 15.3. The van der Waals surface area contributed by atoms with Gasteiger partial charge in [-0.1, -0.05) is 170 Å². The van der Waals surface area contributed by atoms with Crippen LogP contribution in [-0.4, -0.2) is 17.2 Å². The summed E-state index contributed by atoms with van der Waals surface area (Å²) < 4.78 is 11.3. The summed E-state index contributed by atoms with van der Waals surface area (Å²) in [5, 5.41) is 10.4. The summed E-state index contributed by atoms with van der Waals surface area (Å²) in [4.78, 5) is 0. The van der Waals surface area contributed by atoms with E-state index in [0.29, 0.717) is 0 Å². The highest BCUT2D eigenvalue weighted by molar-refractivity contribution is 7.20. The summed E-state index contributed by atoms with van der Waals surface area (Å²) in [7, 11) is -2.70. The third-order valence-corrected chi connectivity index (χ3v) is 17.0. The Morgan fingerprint density at radius 2 is 0.862 bits per heavy atom. The molecule has 0 fully saturated rings. The van der Waals surface area contributed by atoms with E-state index in [2.05, 4.69) is 228 Å². The lowest BCUT2D eigenvalue weighted by Gasteiger charge is -2.34. The first-order chi connectivity index (χ1) is 28.8. The van der Waals surface area contributed by atoms with E-state index in [0.717, 1.165) is 39.5 Å². The van der Waals surface area contributed by atoms with E-state index >= 15 is 0 Å². The van der Waals surface area contributed by atoms with E-state index in [1.165, 1.54) is 58.8 Å². The normalized spacial score (nSPS) is 12.3. The van der Waals surface area contributed by atoms with Crippen molar-refractivity contribution >= 4 is 72.4 Å². The van der Waals surface area contributed by atoms with Gasteiger partial charge in [-0.15, -0.1) is 0 Å². The maximum atomic E-state index is 6.50. The second-order valence-corrected chi connectivity index (χ2v) is 19.1. The van der Waals surface area contributed by atoms with Crippen molar-refractivity contribution in [1.29, 1.82) is 0 Å². The van der Waals surface area contributed by atoms with Gasteiger partial charge in [0.25, 0.3) is 0 Å². The first-order valence-corrected chi connectivity index (χ1v) is 21.9. The zero-order valence-electron chi connectivity index (χ0n) is 31.6. The molecule has 0 aliphatic carbocycles. The number of fused-ring (bicyclic) bond motifs is 8. The van der Waals surface area contributed by atoms with Gasteiger partial charge in [0.15, 0.2) is 19.6 Å². The molecule has 9 aromatic carbocycles. The van der Waals surface area contributed by atoms with Crippen LogP contribution in [0.4, 0.5) is 0 Å². The zero-order chi connectivity index (χ0) is 38.2. The quantitative estimate of drug-likeness (QED) is 0.122. The molecule has 1 aliphatic heterocycles. The Morgan fingerprint density at radius 3 is 1.52 bits per heavy atom. The predicted octanol–water partition coefficient (Wildman–Crippen LogP) is 11.0. The van der Waals surface area contributed by atoms with E-state index in [9.17, 15) is 0 Å². The van der Waals surface area contributed by atoms with Gasteiger partial charge in [0, 0.05) is 27.2 Å². The lowest BCUT2D eigenvalue weighted by molar-refractivity contribution is 0.476. The topological polar surface area (TPSA) is 19.1 Å². The summed E-state index contributed by atoms with van der Waals surface area (Å²) in [6.07, 6.45) is 0. The summed E-state index contributed by atoms with van der Waals surface area (Å²) in [6, 6.07) is 80.2. The Hall–Kier alpha value is -7.40. The van der Waals surface area contributed by atoms with Gasteiger partial charge in [0.05, 0.1) is 27.8 Å². The molecule has 11 aromatic rings. The van der Waals surface area contributed by atoms with Crippen LogP contribution in [-0.2, 0) is 0 Å². The zero-order valence-corrected chi connectivity index (χ0v) is 32.6. The molecule has 2 aromatic heterocycles. The molecule has 0 radical (unpaired) electrons. The average Bonchev–Trinajstić information content (AvgIpc) is 3.82. The van der Waals surface area contributed by atoms with E-state index in [1.54, 1.807) is 0 Å². The summed E-state index contributed by atoms with van der Waals surface area (Å²) in [5.41, 5.74) is 9.20. The molecule has 0 saturated heterocycles. The molecule has 4 heteroatoms. The molecular formula is C54H36N2OSi. The van der Waals surface area contributed by atoms with Crippen molar-refractivity contribution in [2.75, 3.05) is 0 Å². The maximum absolute atomic E-state index is 6.50. The minimum Gasteiger partial charge on any atom is -0.453 e. The fraction of sp³-hybridized carbons (Fsp3) is 0. The number of hydrogen-bond acceptors (Lipinski definition) is 1. The maximum Gasteiger partial charge on any atom is 0.179 e. The molecular weight excluding hydrogens is 721 g/mol. The molecule has 0 N–H and O–H groups in total. The molecule has 272 valence electrons. The van der Waals surface area contributed by atoms with Crippen LogP contribution in [0.15, 0.2) is 218 Å². The summed E-state index contributed by atoms with van der Waals surface area (Å²) in [5.74, 6) is 1.76. The highest BCUT2D eigenvalue weighted by atomic mass is 28.3. The Labute approximate surface area is 337 Å². The standard InChI is InChI=1S/C54H36N2OSi/c1-4-15-40(16-5-1)58(41-17-6-2-7-18-41,42-19-8-3-9-20-42)43-32-33-50-47(36-43)45-22-11-12-24-48(45)55(50)39-30-27-37(28-31-39)38-29-34-52-51(35-38)56-49-25-13-10-21-44(49)46-23-14-26-53(57-52)54(46)56/h1-36H. The lowest BCUT2D eigenvalue weighted by atomic mass is 10.0. The van der Waals surface area contributed by atoms with Crippen LogP contribution in [0.5, 0.6) is 11.5 Å². The van der Waals surface area contributed by atoms with Gasteiger partial charge in [0.2, 0.25) is 0 Å². The van der Waals surface area contributed by atoms with Gasteiger partial charge >= 0.3 is 0 Å². The van der Waals surface area contributed by atoms with Crippen LogP contribution < -0.4 is 25.5 Å². The molecule has 0 spiro atoms. The molecule has 1 aliphatic rings. The van der Waals surface area contributed by atoms with Crippen molar-refractivity contribution in [2.45, 2.75) is 0 Å². The van der Waals surface area contributed by atoms with Crippen molar-refractivity contribution in [3.8, 4) is 34.0 Å². The average molecular weight is 757 g/mol. The monoisotopic (exact) mass is 756 g/mol. The van der Waals surface area contributed by atoms with Crippen LogP contribution >= 0.6 is 0 Å². The Bertz CT molecular complexity index is 3250. The van der Waals surface area contributed by atoms with Gasteiger partial charge in [-0.25, -0.2) is 0 Å². The molecule has 0 unspecified atom stereocenters. The largest absolute Gasteiger partial charge is 0.453 e. The van der Waals surface area contributed by atoms with Crippen LogP contribution in [0.1, 0.15) is 0 Å². The van der Waals surface area contributed by atoms with Crippen LogP contribution in [0.25, 0.3) is 66.1 Å². The number of nitrogens with zero attached hydrogens (tertiary/aromatic N) is 2. The number of aromatic nitrogens is 2. The van der Waals surface area contributed by atoms with Gasteiger partial charge in [-0.05, 0) is 80.4 Å². The molecule has 3 nitrogen and oxygen atoms in total. The molecule has 58 heavy (non-hydrogen) atoms. The molecule has 0 saturated carbocycles. The Balaban J connectivity index is 1.00. The number of rotatable bonds is 6. The second kappa shape index (κ2) is 12.8. The molecule has 0 amide bonds. The first kappa shape index (κ1) is 32.8. The Kier molecular flexibility index (Phi) is 7.25. The van der Waals surface area contributed by atoms with Crippen molar-refractivity contribution in [3.63, 3.8) is 0 Å². The lowest BCUT2D eigenvalue weighted by Crippen LogP contribution is -2.74. The van der Waals surface area contributed by atoms with Crippen molar-refractivity contribution in [1.82, 2.24) is 9.13 Å². The van der Waals surface area contributed by atoms with Gasteiger partial charge in [-0.2, -0.15) is 0 Å². The number of benzene rings is 9. The molecule has 0 bridgehead atoms. The third-order valence-electron chi connectivity index (χ3n) is 12.3. The molecule has 0 atom stereocenters. The van der Waals surface area contributed by atoms with E-state index < -0.39 is 8.07 Å². The van der Waals surface area contributed by atoms with Gasteiger partial charge in [0.1, 0.15) is 0 Å². The first-order valence-electron chi connectivity index (χ1n) is 19.9. The summed E-state index contributed by atoms with van der Waals surface area (Å²) >= 11 is 0. The van der Waals surface area contributed by atoms with E-state index in [4.69, 9.17) is 4.74 Å². The number of ether oxygens (including phenoxy) is 1. The van der Waals surface area contributed by atoms with Gasteiger partial charge in [-0.3, -0.25) is 0 Å². The third kappa shape index (κ3) is 4.73. The van der Waals surface area contributed by atoms with Crippen molar-refractivity contribution < 1.29 is 4.74 Å². The minimum absolute atomic E-state index is 0.866. The Morgan fingerprint density at radius 1 is 0.328 bits per heavy atom. The SMILES string of the molecule is c1ccc([Si](c2ccccc2)(c2ccccc2)c2ccc3c(c2)c2ccccc2n3-c2ccc(-c3ccc4c(c3)-n3c5ccccc5c5cccc(c53)O4)cc2)cc1. The highest BCUT2D eigenvalue weighted by Gasteiger charge is 2.41. The molecule has 3 heterocycles. The van der Waals surface area contributed by atoms with E-state index in [-0.39, 0.29) is 0 Å². The van der Waals surface area contributed by atoms with Crippen LogP contribution in [0.3, 0.4) is 0 Å². The smallest absolute Gasteiger partial charge is 0.179 e.